The quantitative estimate of drug-likeness (QED) is 0.572. The van der Waals surface area contributed by atoms with E-state index in [2.05, 4.69) is 0 Å². The van der Waals surface area contributed by atoms with Crippen molar-refractivity contribution in [3.05, 3.63) is 0 Å². The van der Waals surface area contributed by atoms with Crippen molar-refractivity contribution in [2.75, 3.05) is 6.61 Å². The van der Waals surface area contributed by atoms with E-state index >= 15 is 0 Å². The zero-order valence-corrected chi connectivity index (χ0v) is 9.63. The predicted octanol–water partition coefficient (Wildman–Crippen LogP) is -0.211. The molecule has 0 aromatic carbocycles. The molecule has 0 aliphatic heterocycles. The minimum Gasteiger partial charge on any atom is -0.466 e. The number of esters is 1. The van der Waals surface area contributed by atoms with Gasteiger partial charge in [0.2, 0.25) is 0 Å². The minimum absolute atomic E-state index is 0.291. The van der Waals surface area contributed by atoms with Crippen molar-refractivity contribution in [2.24, 2.45) is 11.7 Å². The van der Waals surface area contributed by atoms with Gasteiger partial charge in [0, 0.05) is 6.04 Å². The summed E-state index contributed by atoms with van der Waals surface area (Å²) in [5.41, 5.74) is 5.89. The van der Waals surface area contributed by atoms with Crippen molar-refractivity contribution in [3.63, 3.8) is 0 Å². The van der Waals surface area contributed by atoms with Crippen molar-refractivity contribution in [3.8, 4) is 0 Å². The first-order chi connectivity index (χ1) is 7.56. The molecule has 0 bridgehead atoms. The number of aliphatic hydroxyl groups excluding tert-OH is 2. The molecule has 0 aromatic rings. The van der Waals surface area contributed by atoms with Gasteiger partial charge in [-0.1, -0.05) is 0 Å². The molecule has 5 heteroatoms. The smallest absolute Gasteiger partial charge is 0.310 e. The lowest BCUT2D eigenvalue weighted by Crippen LogP contribution is -2.41. The van der Waals surface area contributed by atoms with Crippen molar-refractivity contribution < 1.29 is 19.7 Å². The van der Waals surface area contributed by atoms with E-state index in [0.717, 1.165) is 0 Å². The van der Waals surface area contributed by atoms with Gasteiger partial charge in [-0.3, -0.25) is 4.79 Å². The predicted molar refractivity (Wildman–Crippen MR) is 58.6 cm³/mol. The van der Waals surface area contributed by atoms with Gasteiger partial charge in [-0.15, -0.1) is 0 Å². The first-order valence-corrected chi connectivity index (χ1v) is 5.84. The molecule has 0 saturated heterocycles. The Bertz CT molecular complexity index is 234. The Labute approximate surface area is 95.6 Å². The highest BCUT2D eigenvalue weighted by molar-refractivity contribution is 5.73. The van der Waals surface area contributed by atoms with Crippen LogP contribution in [-0.4, -0.2) is 41.0 Å². The Hall–Kier alpha value is -0.650. The van der Waals surface area contributed by atoms with Crippen LogP contribution in [0, 0.1) is 5.92 Å². The lowest BCUT2D eigenvalue weighted by molar-refractivity contribution is -0.150. The summed E-state index contributed by atoms with van der Waals surface area (Å²) >= 11 is 0. The molecule has 4 N–H and O–H groups in total. The van der Waals surface area contributed by atoms with E-state index < -0.39 is 12.2 Å². The van der Waals surface area contributed by atoms with Gasteiger partial charge in [0.25, 0.3) is 0 Å². The molecule has 0 amide bonds. The summed E-state index contributed by atoms with van der Waals surface area (Å²) < 4.78 is 4.95. The second kappa shape index (κ2) is 6.18. The second-order valence-corrected chi connectivity index (χ2v) is 4.31. The molecule has 1 saturated carbocycles. The highest BCUT2D eigenvalue weighted by atomic mass is 16.5. The molecule has 0 spiro atoms. The Morgan fingerprint density at radius 1 is 1.25 bits per heavy atom. The van der Waals surface area contributed by atoms with Gasteiger partial charge in [0.05, 0.1) is 24.7 Å². The first kappa shape index (κ1) is 13.4. The van der Waals surface area contributed by atoms with Crippen LogP contribution in [0.15, 0.2) is 0 Å². The lowest BCUT2D eigenvalue weighted by Gasteiger charge is -2.28. The molecule has 1 fully saturated rings. The lowest BCUT2D eigenvalue weighted by atomic mass is 9.85. The highest BCUT2D eigenvalue weighted by Gasteiger charge is 2.31. The molecule has 94 valence electrons. The Kier molecular flexibility index (Phi) is 5.18. The van der Waals surface area contributed by atoms with Crippen molar-refractivity contribution in [1.82, 2.24) is 0 Å². The number of carbonyl (C=O) groups excluding carboxylic acids is 1. The third-order valence-electron chi connectivity index (χ3n) is 3.12. The van der Waals surface area contributed by atoms with Crippen molar-refractivity contribution in [1.29, 1.82) is 0 Å². The summed E-state index contributed by atoms with van der Waals surface area (Å²) in [5.74, 6) is -0.652. The van der Waals surface area contributed by atoms with Gasteiger partial charge in [0.1, 0.15) is 0 Å². The zero-order chi connectivity index (χ0) is 12.1. The van der Waals surface area contributed by atoms with Crippen LogP contribution in [0.1, 0.15) is 32.6 Å². The van der Waals surface area contributed by atoms with E-state index in [1.165, 1.54) is 0 Å². The molecule has 4 unspecified atom stereocenters. The number of ether oxygens (including phenoxy) is 1. The summed E-state index contributed by atoms with van der Waals surface area (Å²) in [5, 5.41) is 19.1. The number of aliphatic hydroxyl groups is 2. The number of hydrogen-bond donors (Lipinski definition) is 3. The Morgan fingerprint density at radius 2 is 1.81 bits per heavy atom. The summed E-state index contributed by atoms with van der Waals surface area (Å²) in [6.45, 7) is 2.10. The Balaban J connectivity index is 2.59. The monoisotopic (exact) mass is 231 g/mol. The highest BCUT2D eigenvalue weighted by Crippen LogP contribution is 2.23. The number of hydrogen-bond acceptors (Lipinski definition) is 5. The van der Waals surface area contributed by atoms with Gasteiger partial charge in [-0.25, -0.2) is 0 Å². The molecule has 0 heterocycles. The maximum Gasteiger partial charge on any atom is 0.310 e. The first-order valence-electron chi connectivity index (χ1n) is 5.84. The van der Waals surface area contributed by atoms with Crippen LogP contribution in [-0.2, 0) is 9.53 Å². The fraction of sp³-hybridized carbons (Fsp3) is 0.909. The molecule has 1 rings (SSSR count). The fourth-order valence-corrected chi connectivity index (χ4v) is 2.06. The van der Waals surface area contributed by atoms with Crippen LogP contribution < -0.4 is 5.73 Å². The van der Waals surface area contributed by atoms with Crippen LogP contribution in [0.5, 0.6) is 0 Å². The molecular weight excluding hydrogens is 210 g/mol. The fourth-order valence-electron chi connectivity index (χ4n) is 2.06. The van der Waals surface area contributed by atoms with Gasteiger partial charge in [-0.05, 0) is 32.6 Å². The molecule has 0 aromatic heterocycles. The number of nitrogens with two attached hydrogens (primary N) is 1. The van der Waals surface area contributed by atoms with E-state index in [4.69, 9.17) is 10.5 Å². The van der Waals surface area contributed by atoms with E-state index in [1.807, 2.05) is 0 Å². The minimum atomic E-state index is -0.760. The topological polar surface area (TPSA) is 92.8 Å². The number of rotatable bonds is 2. The van der Waals surface area contributed by atoms with Crippen LogP contribution >= 0.6 is 0 Å². The SMILES string of the molecule is CCOC(=O)C1CCC(O)C(O)CCC1N. The van der Waals surface area contributed by atoms with E-state index in [-0.39, 0.29) is 17.9 Å². The van der Waals surface area contributed by atoms with Crippen molar-refractivity contribution >= 4 is 5.97 Å². The summed E-state index contributed by atoms with van der Waals surface area (Å²) in [4.78, 5) is 11.6. The maximum atomic E-state index is 11.6. The van der Waals surface area contributed by atoms with Gasteiger partial charge >= 0.3 is 5.97 Å². The molecule has 16 heavy (non-hydrogen) atoms. The molecule has 1 aliphatic carbocycles. The van der Waals surface area contributed by atoms with Gasteiger partial charge in [0.15, 0.2) is 0 Å². The van der Waals surface area contributed by atoms with E-state index in [9.17, 15) is 15.0 Å². The van der Waals surface area contributed by atoms with E-state index in [0.29, 0.717) is 32.3 Å². The normalized spacial score (nSPS) is 36.2. The van der Waals surface area contributed by atoms with Gasteiger partial charge < -0.3 is 20.7 Å². The number of carbonyl (C=O) groups is 1. The van der Waals surface area contributed by atoms with Crippen LogP contribution in [0.25, 0.3) is 0 Å². The van der Waals surface area contributed by atoms with Crippen LogP contribution in [0.4, 0.5) is 0 Å². The zero-order valence-electron chi connectivity index (χ0n) is 9.63. The molecule has 0 radical (unpaired) electrons. The van der Waals surface area contributed by atoms with E-state index in [1.54, 1.807) is 6.92 Å². The summed E-state index contributed by atoms with van der Waals surface area (Å²) in [6.07, 6.45) is 0.329. The second-order valence-electron chi connectivity index (χ2n) is 4.31. The average molecular weight is 231 g/mol. The standard InChI is InChI=1S/C11H21NO4/c1-2-16-11(15)7-3-5-9(13)10(14)6-4-8(7)12/h7-10,13-14H,2-6,12H2,1H3. The molecule has 1 aliphatic rings. The Morgan fingerprint density at radius 3 is 2.38 bits per heavy atom. The molecular formula is C11H21NO4. The maximum absolute atomic E-state index is 11.6. The van der Waals surface area contributed by atoms with Gasteiger partial charge in [-0.2, -0.15) is 0 Å². The van der Waals surface area contributed by atoms with Crippen LogP contribution in [0.3, 0.4) is 0 Å². The summed E-state index contributed by atoms with van der Waals surface area (Å²) in [7, 11) is 0. The third kappa shape index (κ3) is 3.43. The largest absolute Gasteiger partial charge is 0.466 e. The van der Waals surface area contributed by atoms with Crippen LogP contribution in [0.2, 0.25) is 0 Å². The third-order valence-corrected chi connectivity index (χ3v) is 3.12. The van der Waals surface area contributed by atoms with Crippen molar-refractivity contribution in [2.45, 2.75) is 50.9 Å². The average Bonchev–Trinajstić information content (AvgIpc) is 2.24. The molecule has 4 atom stereocenters. The summed E-state index contributed by atoms with van der Waals surface area (Å²) in [6, 6.07) is -0.291. The molecule has 5 nitrogen and oxygen atoms in total.